The van der Waals surface area contributed by atoms with E-state index in [9.17, 15) is 14.4 Å². The number of carbonyl (C=O) groups excluding carboxylic acids is 3. The lowest BCUT2D eigenvalue weighted by molar-refractivity contribution is -0.125. The third kappa shape index (κ3) is 6.03. The molecule has 1 aromatic carbocycles. The summed E-state index contributed by atoms with van der Waals surface area (Å²) in [5, 5.41) is 5.61. The summed E-state index contributed by atoms with van der Waals surface area (Å²) in [4.78, 5) is 38.0. The third-order valence-corrected chi connectivity index (χ3v) is 5.86. The maximum Gasteiger partial charge on any atom is 0.338 e. The Balaban J connectivity index is 1.48. The van der Waals surface area contributed by atoms with Gasteiger partial charge in [0.25, 0.3) is 5.91 Å². The number of anilines is 1. The van der Waals surface area contributed by atoms with Crippen molar-refractivity contribution in [1.82, 2.24) is 10.2 Å². The number of nitrogens with one attached hydrogen (secondary N) is 2. The number of rotatable bonds is 7. The minimum atomic E-state index is -0.569. The summed E-state index contributed by atoms with van der Waals surface area (Å²) in [7, 11) is 0. The van der Waals surface area contributed by atoms with Crippen molar-refractivity contribution in [3.8, 4) is 0 Å². The van der Waals surface area contributed by atoms with Crippen LogP contribution < -0.4 is 10.6 Å². The number of ether oxygens (including phenoxy) is 2. The van der Waals surface area contributed by atoms with Gasteiger partial charge in [-0.2, -0.15) is 0 Å². The molecule has 8 nitrogen and oxygen atoms in total. The van der Waals surface area contributed by atoms with Crippen LogP contribution in [0.25, 0.3) is 0 Å². The van der Waals surface area contributed by atoms with E-state index in [4.69, 9.17) is 9.47 Å². The number of esters is 1. The number of amides is 2. The van der Waals surface area contributed by atoms with Crippen LogP contribution in [0.1, 0.15) is 49.4 Å². The number of nitrogens with zero attached hydrogens (tertiary/aromatic N) is 1. The summed E-state index contributed by atoms with van der Waals surface area (Å²) in [5.41, 5.74) is 0.896. The molecule has 0 aromatic heterocycles. The Morgan fingerprint density at radius 3 is 2.37 bits per heavy atom. The standard InChI is InChI=1S/C22H31N3O5/c1-17(26)24-19-7-5-18(6-8-19)21(28)30-15-20(27)23-16-22(9-3-2-4-10-22)25-11-13-29-14-12-25/h5-8H,2-4,9-16H2,1H3,(H,23,27)(H,24,26). The molecule has 8 heteroatoms. The summed E-state index contributed by atoms with van der Waals surface area (Å²) in [6, 6.07) is 6.35. The predicted octanol–water partition coefficient (Wildman–Crippen LogP) is 1.95. The first-order valence-corrected chi connectivity index (χ1v) is 10.6. The minimum Gasteiger partial charge on any atom is -0.452 e. The molecule has 1 saturated carbocycles. The van der Waals surface area contributed by atoms with Crippen LogP contribution in [0.5, 0.6) is 0 Å². The molecule has 2 aliphatic rings. The fourth-order valence-corrected chi connectivity index (χ4v) is 4.27. The largest absolute Gasteiger partial charge is 0.452 e. The smallest absolute Gasteiger partial charge is 0.338 e. The summed E-state index contributed by atoms with van der Waals surface area (Å²) >= 11 is 0. The van der Waals surface area contributed by atoms with Gasteiger partial charge in [0.05, 0.1) is 18.8 Å². The van der Waals surface area contributed by atoms with Gasteiger partial charge in [-0.1, -0.05) is 19.3 Å². The highest BCUT2D eigenvalue weighted by Crippen LogP contribution is 2.33. The summed E-state index contributed by atoms with van der Waals surface area (Å²) < 4.78 is 10.6. The fourth-order valence-electron chi connectivity index (χ4n) is 4.27. The van der Waals surface area contributed by atoms with E-state index in [1.54, 1.807) is 24.3 Å². The molecule has 2 fully saturated rings. The van der Waals surface area contributed by atoms with E-state index in [-0.39, 0.29) is 24.0 Å². The Hall–Kier alpha value is -2.45. The molecule has 0 unspecified atom stereocenters. The second kappa shape index (κ2) is 10.5. The maximum absolute atomic E-state index is 12.3. The lowest BCUT2D eigenvalue weighted by Crippen LogP contribution is -2.59. The van der Waals surface area contributed by atoms with E-state index in [0.29, 0.717) is 17.8 Å². The number of hydrogen-bond acceptors (Lipinski definition) is 6. The zero-order chi connectivity index (χ0) is 21.4. The number of hydrogen-bond donors (Lipinski definition) is 2. The first-order valence-electron chi connectivity index (χ1n) is 10.6. The molecule has 164 valence electrons. The molecule has 0 bridgehead atoms. The molecule has 2 amide bonds. The quantitative estimate of drug-likeness (QED) is 0.659. The zero-order valence-corrected chi connectivity index (χ0v) is 17.6. The molecule has 0 radical (unpaired) electrons. The molecule has 2 N–H and O–H groups in total. The lowest BCUT2D eigenvalue weighted by atomic mass is 9.79. The Morgan fingerprint density at radius 1 is 1.07 bits per heavy atom. The van der Waals surface area contributed by atoms with E-state index in [0.717, 1.165) is 52.0 Å². The van der Waals surface area contributed by atoms with E-state index < -0.39 is 5.97 Å². The molecule has 1 saturated heterocycles. The highest BCUT2D eigenvalue weighted by molar-refractivity contribution is 5.93. The van der Waals surface area contributed by atoms with Crippen LogP contribution in [-0.2, 0) is 19.1 Å². The van der Waals surface area contributed by atoms with Crippen LogP contribution >= 0.6 is 0 Å². The van der Waals surface area contributed by atoms with Crippen molar-refractivity contribution in [2.75, 3.05) is 44.8 Å². The van der Waals surface area contributed by atoms with Gasteiger partial charge in [-0.3, -0.25) is 14.5 Å². The number of morpholine rings is 1. The number of benzene rings is 1. The topological polar surface area (TPSA) is 97.0 Å². The van der Waals surface area contributed by atoms with Crippen LogP contribution in [0.4, 0.5) is 5.69 Å². The van der Waals surface area contributed by atoms with Gasteiger partial charge in [0, 0.05) is 37.8 Å². The Bertz CT molecular complexity index is 738. The third-order valence-electron chi connectivity index (χ3n) is 5.86. The molecule has 1 aliphatic carbocycles. The molecule has 1 heterocycles. The van der Waals surface area contributed by atoms with Gasteiger partial charge in [0.2, 0.25) is 5.91 Å². The summed E-state index contributed by atoms with van der Waals surface area (Å²) in [6.07, 6.45) is 5.69. The average Bonchev–Trinajstić information content (AvgIpc) is 2.77. The highest BCUT2D eigenvalue weighted by Gasteiger charge is 2.38. The van der Waals surface area contributed by atoms with E-state index in [1.807, 2.05) is 0 Å². The molecular formula is C22H31N3O5. The summed E-state index contributed by atoms with van der Waals surface area (Å²) in [6.45, 7) is 4.90. The Labute approximate surface area is 177 Å². The molecule has 0 spiro atoms. The average molecular weight is 418 g/mol. The molecule has 0 atom stereocenters. The zero-order valence-electron chi connectivity index (χ0n) is 17.6. The van der Waals surface area contributed by atoms with Crippen molar-refractivity contribution in [3.63, 3.8) is 0 Å². The van der Waals surface area contributed by atoms with E-state index in [1.165, 1.54) is 13.3 Å². The van der Waals surface area contributed by atoms with Crippen molar-refractivity contribution in [2.45, 2.75) is 44.6 Å². The van der Waals surface area contributed by atoms with Crippen LogP contribution in [-0.4, -0.2) is 67.7 Å². The fraction of sp³-hybridized carbons (Fsp3) is 0.591. The molecule has 1 aromatic rings. The summed E-state index contributed by atoms with van der Waals surface area (Å²) in [5.74, 6) is -1.05. The van der Waals surface area contributed by atoms with Crippen LogP contribution in [0.2, 0.25) is 0 Å². The van der Waals surface area contributed by atoms with Crippen molar-refractivity contribution >= 4 is 23.5 Å². The van der Waals surface area contributed by atoms with Crippen molar-refractivity contribution < 1.29 is 23.9 Å². The minimum absolute atomic E-state index is 0.0265. The van der Waals surface area contributed by atoms with Crippen molar-refractivity contribution in [2.24, 2.45) is 0 Å². The van der Waals surface area contributed by atoms with Gasteiger partial charge < -0.3 is 20.1 Å². The van der Waals surface area contributed by atoms with E-state index in [2.05, 4.69) is 15.5 Å². The van der Waals surface area contributed by atoms with Gasteiger partial charge in [0.15, 0.2) is 6.61 Å². The highest BCUT2D eigenvalue weighted by atomic mass is 16.5. The van der Waals surface area contributed by atoms with Gasteiger partial charge >= 0.3 is 5.97 Å². The maximum atomic E-state index is 12.3. The Kier molecular flexibility index (Phi) is 7.81. The van der Waals surface area contributed by atoms with Crippen molar-refractivity contribution in [1.29, 1.82) is 0 Å². The van der Waals surface area contributed by atoms with Crippen LogP contribution in [0.15, 0.2) is 24.3 Å². The van der Waals surface area contributed by atoms with Gasteiger partial charge in [-0.15, -0.1) is 0 Å². The van der Waals surface area contributed by atoms with Crippen LogP contribution in [0, 0.1) is 0 Å². The Morgan fingerprint density at radius 2 is 1.73 bits per heavy atom. The van der Waals surface area contributed by atoms with Gasteiger partial charge in [0.1, 0.15) is 0 Å². The normalized spacial score (nSPS) is 19.0. The van der Waals surface area contributed by atoms with Crippen molar-refractivity contribution in [3.05, 3.63) is 29.8 Å². The second-order valence-electron chi connectivity index (χ2n) is 8.00. The molecule has 1 aliphatic heterocycles. The first kappa shape index (κ1) is 22.2. The molecule has 3 rings (SSSR count). The predicted molar refractivity (Wildman–Crippen MR) is 112 cm³/mol. The molecule has 30 heavy (non-hydrogen) atoms. The van der Waals surface area contributed by atoms with Gasteiger partial charge in [-0.05, 0) is 37.1 Å². The molecular weight excluding hydrogens is 386 g/mol. The monoisotopic (exact) mass is 417 g/mol. The second-order valence-corrected chi connectivity index (χ2v) is 8.00. The van der Waals surface area contributed by atoms with Crippen LogP contribution in [0.3, 0.4) is 0 Å². The SMILES string of the molecule is CC(=O)Nc1ccc(C(=O)OCC(=O)NCC2(N3CCOCC3)CCCCC2)cc1. The number of carbonyl (C=O) groups is 3. The lowest BCUT2D eigenvalue weighted by Gasteiger charge is -2.48. The first-order chi connectivity index (χ1) is 14.5. The van der Waals surface area contributed by atoms with E-state index >= 15 is 0 Å². The van der Waals surface area contributed by atoms with Gasteiger partial charge in [-0.25, -0.2) is 4.79 Å².